The van der Waals surface area contributed by atoms with Crippen molar-refractivity contribution in [1.29, 1.82) is 0 Å². The molecular weight excluding hydrogens is 266 g/mol. The molecule has 0 fully saturated rings. The first-order chi connectivity index (χ1) is 10.3. The fourth-order valence-corrected chi connectivity index (χ4v) is 1.74. The van der Waals surface area contributed by atoms with Crippen LogP contribution in [-0.2, 0) is 11.3 Å². The third kappa shape index (κ3) is 5.06. The molecule has 0 atom stereocenters. The quantitative estimate of drug-likeness (QED) is 0.497. The molecule has 5 heteroatoms. The van der Waals surface area contributed by atoms with E-state index in [2.05, 4.69) is 10.5 Å². The van der Waals surface area contributed by atoms with Gasteiger partial charge in [-0.05, 0) is 36.8 Å². The number of hydrogen-bond donors (Lipinski definition) is 1. The fourth-order valence-electron chi connectivity index (χ4n) is 1.74. The molecule has 0 aliphatic carbocycles. The molecule has 0 bridgehead atoms. The van der Waals surface area contributed by atoms with Gasteiger partial charge in [-0.25, -0.2) is 5.43 Å². The van der Waals surface area contributed by atoms with Gasteiger partial charge in [-0.1, -0.05) is 6.07 Å². The Bertz CT molecular complexity index is 595. The number of carbonyl (C=O) groups is 1. The molecule has 5 nitrogen and oxygen atoms in total. The molecule has 2 aromatic rings. The average molecular weight is 284 g/mol. The number of amides is 1. The van der Waals surface area contributed by atoms with E-state index in [1.807, 2.05) is 61.8 Å². The molecule has 0 aliphatic rings. The van der Waals surface area contributed by atoms with E-state index < -0.39 is 0 Å². The van der Waals surface area contributed by atoms with E-state index in [4.69, 9.17) is 4.74 Å². The first-order valence-corrected chi connectivity index (χ1v) is 6.77. The summed E-state index contributed by atoms with van der Waals surface area (Å²) in [5, 5.41) is 3.93. The molecule has 1 aromatic heterocycles. The molecule has 0 saturated heterocycles. The zero-order chi connectivity index (χ0) is 14.9. The van der Waals surface area contributed by atoms with Gasteiger partial charge >= 0.3 is 5.91 Å². The van der Waals surface area contributed by atoms with Crippen LogP contribution in [0.25, 0.3) is 0 Å². The van der Waals surface area contributed by atoms with E-state index in [1.54, 1.807) is 10.8 Å². The molecule has 108 valence electrons. The molecule has 0 unspecified atom stereocenters. The number of carbonyl (C=O) groups excluding carboxylic acids is 1. The van der Waals surface area contributed by atoms with Crippen molar-refractivity contribution in [3.8, 4) is 5.75 Å². The van der Waals surface area contributed by atoms with Gasteiger partial charge in [0, 0.05) is 12.1 Å². The minimum atomic E-state index is -0.173. The van der Waals surface area contributed by atoms with Crippen molar-refractivity contribution >= 4 is 12.1 Å². The van der Waals surface area contributed by atoms with E-state index in [0.717, 1.165) is 11.3 Å². The number of rotatable bonds is 6. The van der Waals surface area contributed by atoms with E-state index in [9.17, 15) is 4.79 Å². The summed E-state index contributed by atoms with van der Waals surface area (Å²) in [5.41, 5.74) is 3.39. The number of nitrogens with one attached hydrogen (secondary N) is 1. The second kappa shape index (κ2) is 7.79. The maximum absolute atomic E-state index is 11.7. The summed E-state index contributed by atoms with van der Waals surface area (Å²) >= 11 is 0. The first-order valence-electron chi connectivity index (χ1n) is 6.77. The van der Waals surface area contributed by atoms with Gasteiger partial charge in [0.15, 0.2) is 12.4 Å². The lowest BCUT2D eigenvalue weighted by Gasteiger charge is -2.02. The number of pyridine rings is 1. The normalized spacial score (nSPS) is 10.5. The standard InChI is InChI=1S/C16H17N3O2/c1-2-21-15-8-6-14(7-9-15)12-17-18-16(20)13-19-10-4-3-5-11-19/h3-12H,2,13H2,1H3/p+1/b17-12+. The summed E-state index contributed by atoms with van der Waals surface area (Å²) in [6, 6.07) is 13.1. The van der Waals surface area contributed by atoms with Crippen LogP contribution in [0.3, 0.4) is 0 Å². The Hall–Kier alpha value is -2.69. The van der Waals surface area contributed by atoms with Crippen LogP contribution >= 0.6 is 0 Å². The molecular formula is C16H18N3O2+. The smallest absolute Gasteiger partial charge is 0.305 e. The summed E-state index contributed by atoms with van der Waals surface area (Å²) in [6.07, 6.45) is 5.26. The highest BCUT2D eigenvalue weighted by atomic mass is 16.5. The number of nitrogens with zero attached hydrogens (tertiary/aromatic N) is 2. The first kappa shape index (κ1) is 14.7. The lowest BCUT2D eigenvalue weighted by atomic mass is 10.2. The zero-order valence-electron chi connectivity index (χ0n) is 11.9. The average Bonchev–Trinajstić information content (AvgIpc) is 2.50. The molecule has 1 heterocycles. The van der Waals surface area contributed by atoms with E-state index in [1.165, 1.54) is 0 Å². The minimum Gasteiger partial charge on any atom is -0.494 e. The predicted octanol–water partition coefficient (Wildman–Crippen LogP) is 1.52. The number of aromatic nitrogens is 1. The molecule has 1 aromatic carbocycles. The Morgan fingerprint density at radius 2 is 1.95 bits per heavy atom. The van der Waals surface area contributed by atoms with E-state index >= 15 is 0 Å². The van der Waals surface area contributed by atoms with Crippen LogP contribution in [0.15, 0.2) is 60.0 Å². The second-order valence-corrected chi connectivity index (χ2v) is 4.34. The lowest BCUT2D eigenvalue weighted by molar-refractivity contribution is -0.684. The van der Waals surface area contributed by atoms with Crippen molar-refractivity contribution in [2.75, 3.05) is 6.61 Å². The lowest BCUT2D eigenvalue weighted by Crippen LogP contribution is -2.40. The Morgan fingerprint density at radius 1 is 1.24 bits per heavy atom. The van der Waals surface area contributed by atoms with Gasteiger partial charge in [-0.3, -0.25) is 4.79 Å². The molecule has 0 radical (unpaired) electrons. The Kier molecular flexibility index (Phi) is 5.46. The number of hydrazone groups is 1. The van der Waals surface area contributed by atoms with E-state index in [0.29, 0.717) is 6.61 Å². The highest BCUT2D eigenvalue weighted by Crippen LogP contribution is 2.10. The van der Waals surface area contributed by atoms with Crippen LogP contribution in [0.4, 0.5) is 0 Å². The van der Waals surface area contributed by atoms with Crippen molar-refractivity contribution in [2.24, 2.45) is 5.10 Å². The third-order valence-corrected chi connectivity index (χ3v) is 2.70. The highest BCUT2D eigenvalue weighted by molar-refractivity contribution is 5.82. The Balaban J connectivity index is 1.83. The van der Waals surface area contributed by atoms with Crippen LogP contribution in [0.2, 0.25) is 0 Å². The maximum atomic E-state index is 11.7. The summed E-state index contributed by atoms with van der Waals surface area (Å²) in [7, 11) is 0. The molecule has 0 saturated carbocycles. The Labute approximate surface area is 123 Å². The van der Waals surface area contributed by atoms with Crippen molar-refractivity contribution in [1.82, 2.24) is 5.43 Å². The number of hydrogen-bond acceptors (Lipinski definition) is 3. The predicted molar refractivity (Wildman–Crippen MR) is 80.0 cm³/mol. The summed E-state index contributed by atoms with van der Waals surface area (Å²) < 4.78 is 7.13. The molecule has 0 spiro atoms. The fraction of sp³-hybridized carbons (Fsp3) is 0.188. The van der Waals surface area contributed by atoms with Crippen LogP contribution in [0, 0.1) is 0 Å². The number of benzene rings is 1. The van der Waals surface area contributed by atoms with Crippen LogP contribution < -0.4 is 14.7 Å². The maximum Gasteiger partial charge on any atom is 0.305 e. The van der Waals surface area contributed by atoms with Crippen LogP contribution in [0.5, 0.6) is 5.75 Å². The molecule has 2 rings (SSSR count). The molecule has 0 aliphatic heterocycles. The second-order valence-electron chi connectivity index (χ2n) is 4.34. The van der Waals surface area contributed by atoms with Crippen molar-refractivity contribution in [3.63, 3.8) is 0 Å². The SMILES string of the molecule is CCOc1ccc(/C=N/NC(=O)C[n+]2ccccc2)cc1. The van der Waals surface area contributed by atoms with Gasteiger partial charge in [0.25, 0.3) is 0 Å². The van der Waals surface area contributed by atoms with Gasteiger partial charge in [-0.15, -0.1) is 0 Å². The summed E-state index contributed by atoms with van der Waals surface area (Å²) in [6.45, 7) is 2.82. The van der Waals surface area contributed by atoms with Crippen molar-refractivity contribution in [3.05, 3.63) is 60.4 Å². The number of ether oxygens (including phenoxy) is 1. The zero-order valence-corrected chi connectivity index (χ0v) is 11.9. The highest BCUT2D eigenvalue weighted by Gasteiger charge is 2.06. The topological polar surface area (TPSA) is 54.6 Å². The Morgan fingerprint density at radius 3 is 2.62 bits per heavy atom. The van der Waals surface area contributed by atoms with Gasteiger partial charge < -0.3 is 4.74 Å². The minimum absolute atomic E-state index is 0.173. The molecule has 1 amide bonds. The van der Waals surface area contributed by atoms with Crippen LogP contribution in [-0.4, -0.2) is 18.7 Å². The molecule has 21 heavy (non-hydrogen) atoms. The van der Waals surface area contributed by atoms with Gasteiger partial charge in [-0.2, -0.15) is 9.67 Å². The van der Waals surface area contributed by atoms with Crippen LogP contribution in [0.1, 0.15) is 12.5 Å². The monoisotopic (exact) mass is 284 g/mol. The van der Waals surface area contributed by atoms with Gasteiger partial charge in [0.2, 0.25) is 6.54 Å². The third-order valence-electron chi connectivity index (χ3n) is 2.70. The van der Waals surface area contributed by atoms with Gasteiger partial charge in [0.1, 0.15) is 5.75 Å². The van der Waals surface area contributed by atoms with Crippen molar-refractivity contribution in [2.45, 2.75) is 13.5 Å². The van der Waals surface area contributed by atoms with Gasteiger partial charge in [0.05, 0.1) is 12.8 Å². The molecule has 1 N–H and O–H groups in total. The van der Waals surface area contributed by atoms with E-state index in [-0.39, 0.29) is 12.5 Å². The summed E-state index contributed by atoms with van der Waals surface area (Å²) in [5.74, 6) is 0.646. The van der Waals surface area contributed by atoms with Crippen molar-refractivity contribution < 1.29 is 14.1 Å². The summed E-state index contributed by atoms with van der Waals surface area (Å²) in [4.78, 5) is 11.7. The largest absolute Gasteiger partial charge is 0.494 e.